The average molecular weight is 372 g/mol. The van der Waals surface area contributed by atoms with Crippen LogP contribution in [0.5, 0.6) is 28.7 Å². The Labute approximate surface area is 161 Å². The topological polar surface area (TPSA) is 46.2 Å². The maximum atomic E-state index is 6.18. The molecule has 0 aromatic heterocycles. The Bertz CT molecular complexity index is 744. The fourth-order valence-electron chi connectivity index (χ4n) is 2.92. The van der Waals surface area contributed by atoms with Crippen molar-refractivity contribution in [3.05, 3.63) is 54.1 Å². The van der Waals surface area contributed by atoms with Gasteiger partial charge in [0, 0.05) is 6.42 Å². The second-order valence-corrected chi connectivity index (χ2v) is 6.14. The van der Waals surface area contributed by atoms with Gasteiger partial charge in [-0.05, 0) is 48.7 Å². The van der Waals surface area contributed by atoms with Crippen LogP contribution in [0.25, 0.3) is 0 Å². The summed E-state index contributed by atoms with van der Waals surface area (Å²) in [6.45, 7) is 5.79. The summed E-state index contributed by atoms with van der Waals surface area (Å²) in [5, 5.41) is 0. The van der Waals surface area contributed by atoms with Crippen LogP contribution < -0.4 is 23.7 Å². The highest BCUT2D eigenvalue weighted by molar-refractivity contribution is 5.54. The minimum atomic E-state index is -0.101. The van der Waals surface area contributed by atoms with Gasteiger partial charge < -0.3 is 23.7 Å². The van der Waals surface area contributed by atoms with Crippen molar-refractivity contribution in [2.24, 2.45) is 0 Å². The molecule has 0 aliphatic rings. The average Bonchev–Trinajstić information content (AvgIpc) is 2.68. The van der Waals surface area contributed by atoms with Gasteiger partial charge in [0.25, 0.3) is 0 Å². The fraction of sp³-hybridized carbons (Fsp3) is 0.364. The third kappa shape index (κ3) is 5.09. The third-order valence-electron chi connectivity index (χ3n) is 4.19. The molecule has 2 aromatic carbocycles. The second-order valence-electron chi connectivity index (χ2n) is 6.14. The Kier molecular flexibility index (Phi) is 7.41. The summed E-state index contributed by atoms with van der Waals surface area (Å²) in [7, 11) is 6.50. The van der Waals surface area contributed by atoms with Crippen molar-refractivity contribution in [2.75, 3.05) is 28.4 Å². The van der Waals surface area contributed by atoms with E-state index in [2.05, 4.69) is 6.58 Å². The number of allylic oxidation sites excluding steroid dienone is 1. The largest absolute Gasteiger partial charge is 0.493 e. The number of benzene rings is 2. The summed E-state index contributed by atoms with van der Waals surface area (Å²) in [5.74, 6) is 3.29. The molecule has 146 valence electrons. The Morgan fingerprint density at radius 2 is 1.37 bits per heavy atom. The van der Waals surface area contributed by atoms with E-state index in [0.29, 0.717) is 35.2 Å². The van der Waals surface area contributed by atoms with Gasteiger partial charge in [-0.15, -0.1) is 6.58 Å². The molecule has 0 fully saturated rings. The smallest absolute Gasteiger partial charge is 0.203 e. The van der Waals surface area contributed by atoms with Gasteiger partial charge >= 0.3 is 0 Å². The molecule has 0 radical (unpaired) electrons. The zero-order valence-electron chi connectivity index (χ0n) is 16.7. The highest BCUT2D eigenvalue weighted by Crippen LogP contribution is 2.40. The molecule has 2 rings (SSSR count). The molecule has 0 unspecified atom stereocenters. The van der Waals surface area contributed by atoms with Crippen molar-refractivity contribution in [3.63, 3.8) is 0 Å². The standard InChI is InChI=1S/C22H28O5/c1-7-8-16-13-20(25-5)22(21(14-16)26-6)27-15(2)11-17-9-10-18(23-3)19(12-17)24-4/h7,9-10,12-15H,1,8,11H2,2-6H3/t15-/m0/s1. The highest BCUT2D eigenvalue weighted by atomic mass is 16.5. The molecule has 0 saturated carbocycles. The van der Waals surface area contributed by atoms with E-state index in [-0.39, 0.29) is 6.10 Å². The summed E-state index contributed by atoms with van der Waals surface area (Å²) < 4.78 is 27.9. The van der Waals surface area contributed by atoms with Crippen molar-refractivity contribution >= 4 is 0 Å². The van der Waals surface area contributed by atoms with Gasteiger partial charge in [0.1, 0.15) is 6.10 Å². The molecule has 0 aliphatic carbocycles. The van der Waals surface area contributed by atoms with E-state index in [1.54, 1.807) is 28.4 Å². The van der Waals surface area contributed by atoms with Crippen molar-refractivity contribution in [3.8, 4) is 28.7 Å². The van der Waals surface area contributed by atoms with Crippen LogP contribution in [-0.2, 0) is 12.8 Å². The maximum Gasteiger partial charge on any atom is 0.203 e. The quantitative estimate of drug-likeness (QED) is 0.576. The lowest BCUT2D eigenvalue weighted by Crippen LogP contribution is -2.16. The molecule has 0 saturated heterocycles. The van der Waals surface area contributed by atoms with Crippen LogP contribution in [0.3, 0.4) is 0 Å². The van der Waals surface area contributed by atoms with E-state index >= 15 is 0 Å². The molecular formula is C22H28O5. The van der Waals surface area contributed by atoms with Crippen molar-refractivity contribution < 1.29 is 23.7 Å². The Morgan fingerprint density at radius 3 is 1.89 bits per heavy atom. The zero-order valence-corrected chi connectivity index (χ0v) is 16.7. The highest BCUT2D eigenvalue weighted by Gasteiger charge is 2.17. The first kappa shape index (κ1) is 20.5. The van der Waals surface area contributed by atoms with Crippen molar-refractivity contribution in [2.45, 2.75) is 25.9 Å². The molecule has 1 atom stereocenters. The van der Waals surface area contributed by atoms with E-state index in [1.165, 1.54) is 0 Å². The molecular weight excluding hydrogens is 344 g/mol. The van der Waals surface area contributed by atoms with E-state index in [0.717, 1.165) is 17.5 Å². The van der Waals surface area contributed by atoms with E-state index in [9.17, 15) is 0 Å². The summed E-state index contributed by atoms with van der Waals surface area (Å²) in [5.41, 5.74) is 2.14. The van der Waals surface area contributed by atoms with Crippen LogP contribution >= 0.6 is 0 Å². The number of hydrogen-bond donors (Lipinski definition) is 0. The normalized spacial score (nSPS) is 11.4. The predicted molar refractivity (Wildman–Crippen MR) is 107 cm³/mol. The maximum absolute atomic E-state index is 6.18. The Morgan fingerprint density at radius 1 is 0.815 bits per heavy atom. The van der Waals surface area contributed by atoms with Gasteiger partial charge in [0.05, 0.1) is 28.4 Å². The molecule has 0 bridgehead atoms. The molecule has 0 heterocycles. The van der Waals surface area contributed by atoms with Crippen LogP contribution in [0.1, 0.15) is 18.1 Å². The lowest BCUT2D eigenvalue weighted by Gasteiger charge is -2.20. The lowest BCUT2D eigenvalue weighted by atomic mass is 10.1. The summed E-state index contributed by atoms with van der Waals surface area (Å²) >= 11 is 0. The predicted octanol–water partition coefficient (Wildman–Crippen LogP) is 4.46. The van der Waals surface area contributed by atoms with Crippen molar-refractivity contribution in [1.82, 2.24) is 0 Å². The Balaban J connectivity index is 2.22. The van der Waals surface area contributed by atoms with Crippen LogP contribution in [0.4, 0.5) is 0 Å². The van der Waals surface area contributed by atoms with Gasteiger partial charge in [0.15, 0.2) is 23.0 Å². The summed E-state index contributed by atoms with van der Waals surface area (Å²) in [4.78, 5) is 0. The van der Waals surface area contributed by atoms with Gasteiger partial charge in [-0.1, -0.05) is 12.1 Å². The van der Waals surface area contributed by atoms with E-state index in [4.69, 9.17) is 23.7 Å². The number of ether oxygens (including phenoxy) is 5. The molecule has 0 aliphatic heterocycles. The van der Waals surface area contributed by atoms with Gasteiger partial charge in [0.2, 0.25) is 5.75 Å². The van der Waals surface area contributed by atoms with Crippen molar-refractivity contribution in [1.29, 1.82) is 0 Å². The third-order valence-corrected chi connectivity index (χ3v) is 4.19. The number of hydrogen-bond acceptors (Lipinski definition) is 5. The first-order valence-electron chi connectivity index (χ1n) is 8.79. The zero-order chi connectivity index (χ0) is 19.8. The van der Waals surface area contributed by atoms with Gasteiger partial charge in [-0.25, -0.2) is 0 Å². The Hall–Kier alpha value is -2.82. The van der Waals surface area contributed by atoms with Gasteiger partial charge in [-0.3, -0.25) is 0 Å². The first-order valence-corrected chi connectivity index (χ1v) is 8.79. The molecule has 0 amide bonds. The van der Waals surface area contributed by atoms with Crippen LogP contribution in [0, 0.1) is 0 Å². The SMILES string of the molecule is C=CCc1cc(OC)c(O[C@@H](C)Cc2ccc(OC)c(OC)c2)c(OC)c1. The second kappa shape index (κ2) is 9.76. The van der Waals surface area contributed by atoms with Crippen LogP contribution in [-0.4, -0.2) is 34.5 Å². The number of methoxy groups -OCH3 is 4. The molecule has 0 N–H and O–H groups in total. The fourth-order valence-corrected chi connectivity index (χ4v) is 2.92. The van der Waals surface area contributed by atoms with E-state index < -0.39 is 0 Å². The van der Waals surface area contributed by atoms with Gasteiger partial charge in [-0.2, -0.15) is 0 Å². The van der Waals surface area contributed by atoms with Crippen LogP contribution in [0.15, 0.2) is 43.0 Å². The monoisotopic (exact) mass is 372 g/mol. The van der Waals surface area contributed by atoms with E-state index in [1.807, 2.05) is 43.3 Å². The molecule has 5 nitrogen and oxygen atoms in total. The van der Waals surface area contributed by atoms with Crippen LogP contribution in [0.2, 0.25) is 0 Å². The number of rotatable bonds is 10. The molecule has 27 heavy (non-hydrogen) atoms. The molecule has 2 aromatic rings. The first-order chi connectivity index (χ1) is 13.1. The minimum absolute atomic E-state index is 0.101. The lowest BCUT2D eigenvalue weighted by molar-refractivity contribution is 0.201. The minimum Gasteiger partial charge on any atom is -0.493 e. The molecule has 5 heteroatoms. The summed E-state index contributed by atoms with van der Waals surface area (Å²) in [6.07, 6.45) is 3.17. The molecule has 0 spiro atoms. The summed E-state index contributed by atoms with van der Waals surface area (Å²) in [6, 6.07) is 9.75.